The Morgan fingerprint density at radius 3 is 3.00 bits per heavy atom. The summed E-state index contributed by atoms with van der Waals surface area (Å²) in [4.78, 5) is 0. The Hall–Kier alpha value is -1.42. The number of hydrogen-bond acceptors (Lipinski definition) is 2. The quantitative estimate of drug-likeness (QED) is 0.623. The molecule has 0 saturated heterocycles. The lowest BCUT2D eigenvalue weighted by atomic mass is 10.2. The first kappa shape index (κ1) is 8.85. The first-order chi connectivity index (χ1) is 7.25. The molecule has 0 amide bonds. The number of aryl methyl sites for hydroxylation is 1. The van der Waals surface area contributed by atoms with Gasteiger partial charge in [0.15, 0.2) is 5.65 Å². The van der Waals surface area contributed by atoms with Gasteiger partial charge in [0.1, 0.15) is 5.82 Å². The maximum absolute atomic E-state index is 4.10. The van der Waals surface area contributed by atoms with Crippen molar-refractivity contribution in [2.24, 2.45) is 0 Å². The Balaban J connectivity index is 2.55. The number of hydrogen-bond donors (Lipinski definition) is 0. The van der Waals surface area contributed by atoms with Gasteiger partial charge in [-0.3, -0.25) is 4.40 Å². The summed E-state index contributed by atoms with van der Waals surface area (Å²) < 4.78 is 3.08. The normalized spacial score (nSPS) is 11.3. The number of halogens is 1. The molecule has 0 aliphatic rings. The highest BCUT2D eigenvalue weighted by atomic mass is 79.9. The van der Waals surface area contributed by atoms with Crippen LogP contribution >= 0.6 is 15.9 Å². The fourth-order valence-corrected chi connectivity index (χ4v) is 2.23. The molecule has 0 saturated carbocycles. The average molecular weight is 262 g/mol. The van der Waals surface area contributed by atoms with Crippen LogP contribution in [0.2, 0.25) is 0 Å². The smallest absolute Gasteiger partial charge is 0.161 e. The predicted octanol–water partition coefficient (Wildman–Crippen LogP) is 2.95. The third-order valence-electron chi connectivity index (χ3n) is 2.52. The highest BCUT2D eigenvalue weighted by Crippen LogP contribution is 2.24. The largest absolute Gasteiger partial charge is 0.286 e. The van der Waals surface area contributed by atoms with Crippen molar-refractivity contribution in [1.82, 2.24) is 14.6 Å². The molecule has 3 nitrogen and oxygen atoms in total. The van der Waals surface area contributed by atoms with Gasteiger partial charge in [-0.25, -0.2) is 0 Å². The summed E-state index contributed by atoms with van der Waals surface area (Å²) in [6, 6.07) is 8.18. The zero-order chi connectivity index (χ0) is 10.4. The molecule has 2 heterocycles. The van der Waals surface area contributed by atoms with Gasteiger partial charge >= 0.3 is 0 Å². The van der Waals surface area contributed by atoms with Crippen LogP contribution in [0.1, 0.15) is 5.82 Å². The van der Waals surface area contributed by atoms with E-state index in [1.807, 2.05) is 29.5 Å². The Morgan fingerprint density at radius 1 is 1.27 bits per heavy atom. The first-order valence-electron chi connectivity index (χ1n) is 4.65. The van der Waals surface area contributed by atoms with Crippen molar-refractivity contribution in [3.05, 3.63) is 40.8 Å². The molecule has 4 heteroatoms. The standard InChI is InChI=1S/C11H8BrN3/c1-7-13-14-11-5-9-8(6-15(7)11)3-2-4-10(9)12/h2-6H,1H3. The summed E-state index contributed by atoms with van der Waals surface area (Å²) in [7, 11) is 0. The number of aromatic nitrogens is 3. The SMILES string of the molecule is Cc1nnc2cc3c(Br)cccc3cn12. The van der Waals surface area contributed by atoms with Gasteiger partial charge in [-0.1, -0.05) is 28.1 Å². The number of benzene rings is 1. The third-order valence-corrected chi connectivity index (χ3v) is 3.21. The molecule has 2 aromatic heterocycles. The van der Waals surface area contributed by atoms with Gasteiger partial charge in [0.05, 0.1) is 0 Å². The highest BCUT2D eigenvalue weighted by molar-refractivity contribution is 9.10. The second-order valence-electron chi connectivity index (χ2n) is 3.49. The summed E-state index contributed by atoms with van der Waals surface area (Å²) >= 11 is 3.53. The Bertz CT molecular complexity index is 657. The van der Waals surface area contributed by atoms with Crippen LogP contribution in [0, 0.1) is 6.92 Å². The first-order valence-corrected chi connectivity index (χ1v) is 5.44. The molecule has 0 spiro atoms. The predicted molar refractivity (Wildman–Crippen MR) is 62.9 cm³/mol. The van der Waals surface area contributed by atoms with Gasteiger partial charge in [-0.2, -0.15) is 0 Å². The van der Waals surface area contributed by atoms with Gasteiger partial charge < -0.3 is 0 Å². The van der Waals surface area contributed by atoms with Gasteiger partial charge in [0.25, 0.3) is 0 Å². The van der Waals surface area contributed by atoms with Crippen molar-refractivity contribution in [3.8, 4) is 0 Å². The van der Waals surface area contributed by atoms with Crippen LogP contribution in [0.4, 0.5) is 0 Å². The third kappa shape index (κ3) is 1.25. The molecule has 0 aliphatic carbocycles. The van der Waals surface area contributed by atoms with Gasteiger partial charge in [0, 0.05) is 16.1 Å². The molecular formula is C11H8BrN3. The highest BCUT2D eigenvalue weighted by Gasteiger charge is 2.04. The van der Waals surface area contributed by atoms with Crippen LogP contribution < -0.4 is 0 Å². The molecule has 0 bridgehead atoms. The fourth-order valence-electron chi connectivity index (χ4n) is 1.73. The summed E-state index contributed by atoms with van der Waals surface area (Å²) in [5, 5.41) is 10.5. The summed E-state index contributed by atoms with van der Waals surface area (Å²) in [6.45, 7) is 1.95. The molecule has 74 valence electrons. The van der Waals surface area contributed by atoms with E-state index in [-0.39, 0.29) is 0 Å². The minimum Gasteiger partial charge on any atom is -0.286 e. The van der Waals surface area contributed by atoms with Crippen molar-refractivity contribution < 1.29 is 0 Å². The fraction of sp³-hybridized carbons (Fsp3) is 0.0909. The van der Waals surface area contributed by atoms with E-state index in [4.69, 9.17) is 0 Å². The van der Waals surface area contributed by atoms with Gasteiger partial charge in [-0.05, 0) is 24.4 Å². The molecule has 3 rings (SSSR count). The molecule has 3 aromatic rings. The van der Waals surface area contributed by atoms with Crippen LogP contribution in [-0.2, 0) is 0 Å². The molecule has 0 aliphatic heterocycles. The second kappa shape index (κ2) is 3.03. The summed E-state index contributed by atoms with van der Waals surface area (Å²) in [5.74, 6) is 0.909. The van der Waals surface area contributed by atoms with Crippen LogP contribution in [0.5, 0.6) is 0 Å². The molecular weight excluding hydrogens is 254 g/mol. The van der Waals surface area contributed by atoms with E-state index in [9.17, 15) is 0 Å². The maximum atomic E-state index is 4.10. The lowest BCUT2D eigenvalue weighted by Gasteiger charge is -2.01. The lowest BCUT2D eigenvalue weighted by Crippen LogP contribution is -1.88. The zero-order valence-electron chi connectivity index (χ0n) is 8.11. The van der Waals surface area contributed by atoms with Crippen molar-refractivity contribution >= 4 is 32.3 Å². The number of fused-ring (bicyclic) bond motifs is 2. The van der Waals surface area contributed by atoms with Crippen LogP contribution in [0.25, 0.3) is 16.4 Å². The van der Waals surface area contributed by atoms with Crippen LogP contribution in [0.3, 0.4) is 0 Å². The lowest BCUT2D eigenvalue weighted by molar-refractivity contribution is 1.01. The van der Waals surface area contributed by atoms with E-state index in [1.165, 1.54) is 5.39 Å². The van der Waals surface area contributed by atoms with Crippen molar-refractivity contribution in [2.45, 2.75) is 6.92 Å². The average Bonchev–Trinajstić information content (AvgIpc) is 2.59. The maximum Gasteiger partial charge on any atom is 0.161 e. The topological polar surface area (TPSA) is 30.2 Å². The van der Waals surface area contributed by atoms with E-state index in [1.54, 1.807) is 0 Å². The molecule has 0 unspecified atom stereocenters. The number of rotatable bonds is 0. The number of pyridine rings is 1. The second-order valence-corrected chi connectivity index (χ2v) is 4.35. The van der Waals surface area contributed by atoms with E-state index >= 15 is 0 Å². The van der Waals surface area contributed by atoms with E-state index in [2.05, 4.69) is 38.4 Å². The molecule has 1 aromatic carbocycles. The zero-order valence-corrected chi connectivity index (χ0v) is 9.69. The molecule has 0 atom stereocenters. The molecule has 0 radical (unpaired) electrons. The molecule has 0 N–H and O–H groups in total. The Morgan fingerprint density at radius 2 is 2.13 bits per heavy atom. The Labute approximate surface area is 94.9 Å². The minimum absolute atomic E-state index is 0.881. The van der Waals surface area contributed by atoms with E-state index in [0.717, 1.165) is 21.3 Å². The molecule has 15 heavy (non-hydrogen) atoms. The van der Waals surface area contributed by atoms with Crippen molar-refractivity contribution in [1.29, 1.82) is 0 Å². The van der Waals surface area contributed by atoms with Gasteiger partial charge in [-0.15, -0.1) is 10.2 Å². The Kier molecular flexibility index (Phi) is 1.79. The molecule has 0 fully saturated rings. The van der Waals surface area contributed by atoms with E-state index < -0.39 is 0 Å². The summed E-state index contributed by atoms with van der Waals surface area (Å²) in [6.07, 6.45) is 2.06. The van der Waals surface area contributed by atoms with Crippen LogP contribution in [-0.4, -0.2) is 14.6 Å². The van der Waals surface area contributed by atoms with Crippen molar-refractivity contribution in [3.63, 3.8) is 0 Å². The van der Waals surface area contributed by atoms with Crippen LogP contribution in [0.15, 0.2) is 34.9 Å². The van der Waals surface area contributed by atoms with Crippen molar-refractivity contribution in [2.75, 3.05) is 0 Å². The number of nitrogens with zero attached hydrogens (tertiary/aromatic N) is 3. The monoisotopic (exact) mass is 261 g/mol. The van der Waals surface area contributed by atoms with E-state index in [0.29, 0.717) is 0 Å². The summed E-state index contributed by atoms with van der Waals surface area (Å²) in [5.41, 5.74) is 0.881. The minimum atomic E-state index is 0.881. The van der Waals surface area contributed by atoms with Gasteiger partial charge in [0.2, 0.25) is 0 Å².